The molecule has 0 fully saturated rings. The first kappa shape index (κ1) is 14.8. The predicted octanol–water partition coefficient (Wildman–Crippen LogP) is 2.88. The number of nitrogens with one attached hydrogen (secondary N) is 1. The van der Waals surface area contributed by atoms with Crippen molar-refractivity contribution in [3.05, 3.63) is 79.8 Å². The number of rotatable bonds is 2. The Morgan fingerprint density at radius 3 is 2.50 bits per heavy atom. The molecule has 0 bridgehead atoms. The molecule has 2 aromatic carbocycles. The van der Waals surface area contributed by atoms with Crippen molar-refractivity contribution in [2.75, 3.05) is 0 Å². The maximum Gasteiger partial charge on any atom is 0.277 e. The molecule has 0 aliphatic carbocycles. The SMILES string of the molecule is Cn1[nH]c(=O)c2c(=O)n(Cc3ccccc3)c3cccc(Cl)c3c21. The van der Waals surface area contributed by atoms with Crippen LogP contribution in [0.2, 0.25) is 5.02 Å². The molecular formula is C18H14ClN3O2. The third kappa shape index (κ3) is 2.09. The molecule has 0 aliphatic heterocycles. The van der Waals surface area contributed by atoms with E-state index in [1.807, 2.05) is 42.5 Å². The van der Waals surface area contributed by atoms with Gasteiger partial charge in [-0.05, 0) is 17.7 Å². The van der Waals surface area contributed by atoms with Gasteiger partial charge in [-0.2, -0.15) is 0 Å². The average molecular weight is 340 g/mol. The van der Waals surface area contributed by atoms with Gasteiger partial charge in [0.2, 0.25) is 0 Å². The molecule has 6 heteroatoms. The van der Waals surface area contributed by atoms with E-state index in [0.717, 1.165) is 5.56 Å². The molecule has 24 heavy (non-hydrogen) atoms. The summed E-state index contributed by atoms with van der Waals surface area (Å²) in [4.78, 5) is 25.2. The van der Waals surface area contributed by atoms with Gasteiger partial charge in [-0.1, -0.05) is 48.0 Å². The van der Waals surface area contributed by atoms with Crippen molar-refractivity contribution in [2.24, 2.45) is 7.05 Å². The molecule has 1 N–H and O–H groups in total. The smallest absolute Gasteiger partial charge is 0.277 e. The van der Waals surface area contributed by atoms with E-state index >= 15 is 0 Å². The van der Waals surface area contributed by atoms with E-state index in [-0.39, 0.29) is 10.9 Å². The standard InChI is InChI=1S/C18H14ClN3O2/c1-21-16-14-12(19)8-5-9-13(14)22(10-11-6-3-2-4-7-11)18(24)15(16)17(23)20-21/h2-9H,10H2,1H3,(H,20,23). The van der Waals surface area contributed by atoms with Gasteiger partial charge in [-0.15, -0.1) is 0 Å². The maximum atomic E-state index is 13.0. The molecule has 2 heterocycles. The number of nitrogens with zero attached hydrogens (tertiary/aromatic N) is 2. The van der Waals surface area contributed by atoms with E-state index in [1.54, 1.807) is 22.4 Å². The van der Waals surface area contributed by atoms with E-state index < -0.39 is 5.56 Å². The molecule has 0 saturated carbocycles. The Hall–Kier alpha value is -2.79. The lowest BCUT2D eigenvalue weighted by molar-refractivity contribution is 0.784. The van der Waals surface area contributed by atoms with Crippen LogP contribution in [0.15, 0.2) is 58.1 Å². The van der Waals surface area contributed by atoms with Crippen molar-refractivity contribution in [1.29, 1.82) is 0 Å². The number of hydrogen-bond acceptors (Lipinski definition) is 2. The van der Waals surface area contributed by atoms with Crippen molar-refractivity contribution in [1.82, 2.24) is 14.3 Å². The van der Waals surface area contributed by atoms with Gasteiger partial charge in [-0.3, -0.25) is 19.4 Å². The maximum absolute atomic E-state index is 13.0. The Morgan fingerprint density at radius 1 is 1.00 bits per heavy atom. The molecule has 5 nitrogen and oxygen atoms in total. The summed E-state index contributed by atoms with van der Waals surface area (Å²) in [5, 5.41) is 4.00. The van der Waals surface area contributed by atoms with Crippen molar-refractivity contribution in [3.63, 3.8) is 0 Å². The summed E-state index contributed by atoms with van der Waals surface area (Å²) in [6.07, 6.45) is 0. The number of fused-ring (bicyclic) bond motifs is 3. The molecule has 120 valence electrons. The molecular weight excluding hydrogens is 326 g/mol. The molecule has 0 radical (unpaired) electrons. The lowest BCUT2D eigenvalue weighted by Gasteiger charge is -2.13. The molecule has 4 aromatic rings. The highest BCUT2D eigenvalue weighted by atomic mass is 35.5. The molecule has 0 aliphatic rings. The normalized spacial score (nSPS) is 11.4. The fourth-order valence-corrected chi connectivity index (χ4v) is 3.43. The van der Waals surface area contributed by atoms with E-state index in [1.165, 1.54) is 0 Å². The molecule has 0 unspecified atom stereocenters. The number of aromatic amines is 1. The lowest BCUT2D eigenvalue weighted by atomic mass is 10.1. The fourth-order valence-electron chi connectivity index (χ4n) is 3.17. The van der Waals surface area contributed by atoms with Gasteiger partial charge in [0.1, 0.15) is 5.39 Å². The van der Waals surface area contributed by atoms with E-state index in [2.05, 4.69) is 5.10 Å². The monoisotopic (exact) mass is 339 g/mol. The molecule has 0 spiro atoms. The zero-order valence-electron chi connectivity index (χ0n) is 12.9. The highest BCUT2D eigenvalue weighted by Crippen LogP contribution is 2.28. The predicted molar refractivity (Wildman–Crippen MR) is 95.9 cm³/mol. The minimum Gasteiger partial charge on any atom is -0.303 e. The molecule has 0 amide bonds. The minimum atomic E-state index is -0.402. The van der Waals surface area contributed by atoms with Gasteiger partial charge in [-0.25, -0.2) is 0 Å². The van der Waals surface area contributed by atoms with Crippen LogP contribution in [0, 0.1) is 0 Å². The summed E-state index contributed by atoms with van der Waals surface area (Å²) < 4.78 is 3.16. The largest absolute Gasteiger partial charge is 0.303 e. The van der Waals surface area contributed by atoms with Gasteiger partial charge in [0.15, 0.2) is 0 Å². The molecule has 0 atom stereocenters. The number of aromatic nitrogens is 3. The third-order valence-electron chi connectivity index (χ3n) is 4.23. The van der Waals surface area contributed by atoms with Crippen molar-refractivity contribution in [2.45, 2.75) is 6.54 Å². The van der Waals surface area contributed by atoms with Gasteiger partial charge in [0.25, 0.3) is 11.1 Å². The number of benzene rings is 2. The number of halogens is 1. The van der Waals surface area contributed by atoms with Crippen LogP contribution in [-0.4, -0.2) is 14.3 Å². The van der Waals surface area contributed by atoms with Gasteiger partial charge in [0, 0.05) is 12.4 Å². The highest BCUT2D eigenvalue weighted by molar-refractivity contribution is 6.37. The average Bonchev–Trinajstić information content (AvgIpc) is 2.87. The van der Waals surface area contributed by atoms with Gasteiger partial charge >= 0.3 is 0 Å². The zero-order valence-corrected chi connectivity index (χ0v) is 13.7. The second kappa shape index (κ2) is 5.39. The first-order valence-electron chi connectivity index (χ1n) is 7.51. The Bertz CT molecular complexity index is 1190. The molecule has 2 aromatic heterocycles. The second-order valence-electron chi connectivity index (χ2n) is 5.73. The van der Waals surface area contributed by atoms with Crippen LogP contribution in [0.25, 0.3) is 21.8 Å². The van der Waals surface area contributed by atoms with E-state index in [9.17, 15) is 9.59 Å². The van der Waals surface area contributed by atoms with Crippen molar-refractivity contribution in [3.8, 4) is 0 Å². The number of pyridine rings is 1. The van der Waals surface area contributed by atoms with Gasteiger partial charge in [0.05, 0.1) is 22.6 Å². The van der Waals surface area contributed by atoms with E-state index in [0.29, 0.717) is 28.0 Å². The quantitative estimate of drug-likeness (QED) is 0.610. The first-order valence-corrected chi connectivity index (χ1v) is 7.89. The van der Waals surface area contributed by atoms with Crippen LogP contribution in [0.3, 0.4) is 0 Å². The highest BCUT2D eigenvalue weighted by Gasteiger charge is 2.18. The summed E-state index contributed by atoms with van der Waals surface area (Å²) in [5.74, 6) is 0. The Morgan fingerprint density at radius 2 is 1.75 bits per heavy atom. The Kier molecular flexibility index (Phi) is 3.32. The van der Waals surface area contributed by atoms with Crippen LogP contribution in [-0.2, 0) is 13.6 Å². The van der Waals surface area contributed by atoms with Crippen LogP contribution >= 0.6 is 11.6 Å². The van der Waals surface area contributed by atoms with Crippen molar-refractivity contribution < 1.29 is 0 Å². The van der Waals surface area contributed by atoms with Crippen LogP contribution in [0.5, 0.6) is 0 Å². The number of hydrogen-bond donors (Lipinski definition) is 1. The first-order chi connectivity index (χ1) is 11.6. The molecule has 4 rings (SSSR count). The summed E-state index contributed by atoms with van der Waals surface area (Å²) in [5.41, 5.74) is 1.51. The fraction of sp³-hybridized carbons (Fsp3) is 0.111. The zero-order chi connectivity index (χ0) is 16.8. The summed E-state index contributed by atoms with van der Waals surface area (Å²) in [6, 6.07) is 15.1. The number of aryl methyl sites for hydroxylation is 1. The summed E-state index contributed by atoms with van der Waals surface area (Å²) in [7, 11) is 1.70. The Labute approximate surface area is 141 Å². The van der Waals surface area contributed by atoms with Crippen LogP contribution in [0.1, 0.15) is 5.56 Å². The van der Waals surface area contributed by atoms with Gasteiger partial charge < -0.3 is 4.57 Å². The van der Waals surface area contributed by atoms with Crippen LogP contribution in [0.4, 0.5) is 0 Å². The number of H-pyrrole nitrogens is 1. The molecule has 0 saturated heterocycles. The Balaban J connectivity index is 2.18. The third-order valence-corrected chi connectivity index (χ3v) is 4.55. The van der Waals surface area contributed by atoms with Crippen molar-refractivity contribution >= 4 is 33.4 Å². The lowest BCUT2D eigenvalue weighted by Crippen LogP contribution is -2.24. The minimum absolute atomic E-state index is 0.133. The van der Waals surface area contributed by atoms with Crippen LogP contribution < -0.4 is 11.1 Å². The summed E-state index contributed by atoms with van der Waals surface area (Å²) in [6.45, 7) is 0.376. The second-order valence-corrected chi connectivity index (χ2v) is 6.14. The summed E-state index contributed by atoms with van der Waals surface area (Å²) >= 11 is 6.40. The topological polar surface area (TPSA) is 59.8 Å². The van der Waals surface area contributed by atoms with E-state index in [4.69, 9.17) is 11.6 Å².